The number of hydrogen-bond donors (Lipinski definition) is 2. The predicted molar refractivity (Wildman–Crippen MR) is 136 cm³/mol. The molecule has 0 saturated heterocycles. The van der Waals surface area contributed by atoms with Gasteiger partial charge in [0.2, 0.25) is 0 Å². The van der Waals surface area contributed by atoms with Crippen LogP contribution in [-0.4, -0.2) is 25.7 Å². The van der Waals surface area contributed by atoms with Gasteiger partial charge in [0.1, 0.15) is 0 Å². The molecular weight excluding hydrogens is 396 g/mol. The molecule has 0 aromatic heterocycles. The summed E-state index contributed by atoms with van der Waals surface area (Å²) in [6, 6.07) is 21.0. The number of nitrogens with one attached hydrogen (secondary N) is 2. The number of ether oxygens (including phenoxy) is 1. The molecule has 0 heterocycles. The summed E-state index contributed by atoms with van der Waals surface area (Å²) >= 11 is 0. The van der Waals surface area contributed by atoms with Gasteiger partial charge in [-0.15, -0.1) is 0 Å². The lowest BCUT2D eigenvalue weighted by Crippen LogP contribution is -2.09. The fourth-order valence-electron chi connectivity index (χ4n) is 3.89. The topological polar surface area (TPSA) is 50.4 Å². The van der Waals surface area contributed by atoms with E-state index in [1.165, 1.54) is 13.5 Å². The molecule has 4 nitrogen and oxygen atoms in total. The van der Waals surface area contributed by atoms with Crippen molar-refractivity contribution in [1.82, 2.24) is 0 Å². The third kappa shape index (κ3) is 5.50. The lowest BCUT2D eigenvalue weighted by molar-refractivity contribution is 0.0601. The molecule has 0 unspecified atom stereocenters. The van der Waals surface area contributed by atoms with Gasteiger partial charge in [0, 0.05) is 24.0 Å². The van der Waals surface area contributed by atoms with Crippen LogP contribution in [0.5, 0.6) is 0 Å². The maximum absolute atomic E-state index is 12.8. The Morgan fingerprint density at radius 2 is 1.44 bits per heavy atom. The van der Waals surface area contributed by atoms with Crippen LogP contribution in [0.1, 0.15) is 49.5 Å². The molecule has 3 aromatic carbocycles. The van der Waals surface area contributed by atoms with Gasteiger partial charge in [-0.25, -0.2) is 4.79 Å². The Labute approximate surface area is 192 Å². The minimum atomic E-state index is -0.318. The molecular formula is C28H34N2O2. The molecule has 2 N–H and O–H groups in total. The van der Waals surface area contributed by atoms with Gasteiger partial charge in [-0.2, -0.15) is 0 Å². The van der Waals surface area contributed by atoms with E-state index in [1.807, 2.05) is 37.3 Å². The second kappa shape index (κ2) is 10.9. The van der Waals surface area contributed by atoms with E-state index in [1.54, 1.807) is 0 Å². The van der Waals surface area contributed by atoms with Crippen LogP contribution in [0.2, 0.25) is 0 Å². The molecule has 4 heteroatoms. The molecule has 3 aromatic rings. The molecule has 168 valence electrons. The van der Waals surface area contributed by atoms with Crippen LogP contribution in [-0.2, 0) is 4.74 Å². The minimum Gasteiger partial charge on any atom is -0.465 e. The van der Waals surface area contributed by atoms with Gasteiger partial charge in [-0.05, 0) is 79.3 Å². The van der Waals surface area contributed by atoms with Crippen LogP contribution < -0.4 is 10.6 Å². The van der Waals surface area contributed by atoms with Crippen molar-refractivity contribution in [3.63, 3.8) is 0 Å². The maximum atomic E-state index is 12.8. The molecule has 3 rings (SSSR count). The average Bonchev–Trinajstić information content (AvgIpc) is 2.79. The third-order valence-corrected chi connectivity index (χ3v) is 5.56. The Morgan fingerprint density at radius 1 is 0.875 bits per heavy atom. The molecule has 0 saturated carbocycles. The second-order valence-electron chi connectivity index (χ2n) is 8.39. The zero-order chi connectivity index (χ0) is 23.1. The summed E-state index contributed by atoms with van der Waals surface area (Å²) in [5.41, 5.74) is 7.69. The zero-order valence-electron chi connectivity index (χ0n) is 19.8. The van der Waals surface area contributed by atoms with Crippen molar-refractivity contribution in [2.24, 2.45) is 0 Å². The van der Waals surface area contributed by atoms with E-state index >= 15 is 0 Å². The van der Waals surface area contributed by atoms with Gasteiger partial charge >= 0.3 is 5.97 Å². The van der Waals surface area contributed by atoms with Crippen molar-refractivity contribution >= 4 is 17.3 Å². The molecule has 0 aliphatic rings. The van der Waals surface area contributed by atoms with Crippen molar-refractivity contribution in [2.75, 3.05) is 24.3 Å². The van der Waals surface area contributed by atoms with E-state index in [9.17, 15) is 4.79 Å². The summed E-state index contributed by atoms with van der Waals surface area (Å²) in [5, 5.41) is 6.84. The lowest BCUT2D eigenvalue weighted by Gasteiger charge is -2.17. The summed E-state index contributed by atoms with van der Waals surface area (Å²) in [6.45, 7) is 9.38. The Morgan fingerprint density at radius 3 is 2.00 bits per heavy atom. The van der Waals surface area contributed by atoms with Crippen LogP contribution in [0.3, 0.4) is 0 Å². The minimum absolute atomic E-state index is 0.318. The van der Waals surface area contributed by atoms with Crippen LogP contribution in [0, 0.1) is 6.92 Å². The SMILES string of the molecule is CCCCNc1ccc(-c2ccc(-c3ccc(NC(C)C)cc3)c(C(=O)OC)c2C)cc1. The molecule has 0 aliphatic heterocycles. The van der Waals surface area contributed by atoms with E-state index in [-0.39, 0.29) is 5.97 Å². The molecule has 0 radical (unpaired) electrons. The van der Waals surface area contributed by atoms with Crippen molar-refractivity contribution in [2.45, 2.75) is 46.6 Å². The largest absolute Gasteiger partial charge is 0.465 e. The van der Waals surface area contributed by atoms with Crippen LogP contribution in [0.25, 0.3) is 22.3 Å². The first kappa shape index (κ1) is 23.4. The summed E-state index contributed by atoms with van der Waals surface area (Å²) in [4.78, 5) is 12.8. The third-order valence-electron chi connectivity index (χ3n) is 5.56. The maximum Gasteiger partial charge on any atom is 0.338 e. The quantitative estimate of drug-likeness (QED) is 0.280. The highest BCUT2D eigenvalue weighted by atomic mass is 16.5. The van der Waals surface area contributed by atoms with Gasteiger partial charge in [-0.3, -0.25) is 0 Å². The van der Waals surface area contributed by atoms with Crippen molar-refractivity contribution < 1.29 is 9.53 Å². The molecule has 0 atom stereocenters. The monoisotopic (exact) mass is 430 g/mol. The number of carbonyl (C=O) groups excluding carboxylic acids is 1. The van der Waals surface area contributed by atoms with Crippen LogP contribution in [0.4, 0.5) is 11.4 Å². The van der Waals surface area contributed by atoms with Crippen LogP contribution >= 0.6 is 0 Å². The summed E-state index contributed by atoms with van der Waals surface area (Å²) < 4.78 is 5.16. The number of methoxy groups -OCH3 is 1. The Kier molecular flexibility index (Phi) is 7.93. The van der Waals surface area contributed by atoms with E-state index in [0.29, 0.717) is 11.6 Å². The summed E-state index contributed by atoms with van der Waals surface area (Å²) in [7, 11) is 1.44. The Bertz CT molecular complexity index is 1040. The highest BCUT2D eigenvalue weighted by molar-refractivity contribution is 6.01. The van der Waals surface area contributed by atoms with Gasteiger partial charge in [0.25, 0.3) is 0 Å². The predicted octanol–water partition coefficient (Wildman–Crippen LogP) is 7.15. The van der Waals surface area contributed by atoms with E-state index < -0.39 is 0 Å². The van der Waals surface area contributed by atoms with Gasteiger partial charge < -0.3 is 15.4 Å². The highest BCUT2D eigenvalue weighted by Crippen LogP contribution is 2.34. The number of benzene rings is 3. The molecule has 0 bridgehead atoms. The normalized spacial score (nSPS) is 10.8. The van der Waals surface area contributed by atoms with Gasteiger partial charge in [0.15, 0.2) is 0 Å². The second-order valence-corrected chi connectivity index (χ2v) is 8.39. The first-order chi connectivity index (χ1) is 15.4. The summed E-state index contributed by atoms with van der Waals surface area (Å²) in [6.07, 6.45) is 2.32. The standard InChI is InChI=1S/C28H34N2O2/c1-6-7-18-29-23-12-8-21(9-13-23)25-16-17-26(27(20(25)4)28(31)32-5)22-10-14-24(15-11-22)30-19(2)3/h8-17,19,29-30H,6-7,18H2,1-5H3. The van der Waals surface area contributed by atoms with E-state index in [0.717, 1.165) is 52.2 Å². The first-order valence-corrected chi connectivity index (χ1v) is 11.4. The average molecular weight is 431 g/mol. The highest BCUT2D eigenvalue weighted by Gasteiger charge is 2.19. The van der Waals surface area contributed by atoms with Gasteiger partial charge in [0.05, 0.1) is 12.7 Å². The lowest BCUT2D eigenvalue weighted by atomic mass is 9.89. The number of carbonyl (C=O) groups is 1. The molecule has 0 amide bonds. The fraction of sp³-hybridized carbons (Fsp3) is 0.321. The van der Waals surface area contributed by atoms with Gasteiger partial charge in [-0.1, -0.05) is 49.7 Å². The zero-order valence-corrected chi connectivity index (χ0v) is 19.8. The molecule has 32 heavy (non-hydrogen) atoms. The number of esters is 1. The molecule has 0 spiro atoms. The fourth-order valence-corrected chi connectivity index (χ4v) is 3.89. The number of rotatable bonds is 9. The van der Waals surface area contributed by atoms with Crippen molar-refractivity contribution in [3.8, 4) is 22.3 Å². The molecule has 0 fully saturated rings. The molecule has 0 aliphatic carbocycles. The van der Waals surface area contributed by atoms with E-state index in [4.69, 9.17) is 4.74 Å². The van der Waals surface area contributed by atoms with Crippen molar-refractivity contribution in [3.05, 3.63) is 71.8 Å². The number of unbranched alkanes of at least 4 members (excludes halogenated alkanes) is 1. The van der Waals surface area contributed by atoms with Crippen LogP contribution in [0.15, 0.2) is 60.7 Å². The van der Waals surface area contributed by atoms with Crippen molar-refractivity contribution in [1.29, 1.82) is 0 Å². The number of hydrogen-bond acceptors (Lipinski definition) is 4. The van der Waals surface area contributed by atoms with E-state index in [2.05, 4.69) is 61.7 Å². The number of anilines is 2. The Hall–Kier alpha value is -3.27. The summed E-state index contributed by atoms with van der Waals surface area (Å²) in [5.74, 6) is -0.318. The first-order valence-electron chi connectivity index (χ1n) is 11.4. The smallest absolute Gasteiger partial charge is 0.338 e. The Balaban J connectivity index is 1.96.